The average molecular weight is 399 g/mol. The number of carbonyl (C=O) groups excluding carboxylic acids is 3. The molecule has 0 N–H and O–H groups in total. The van der Waals surface area contributed by atoms with Gasteiger partial charge in [0, 0.05) is 12.4 Å². The second kappa shape index (κ2) is 10.6. The topological polar surface area (TPSA) is 101 Å². The minimum Gasteiger partial charge on any atom is -0.493 e. The van der Waals surface area contributed by atoms with Crippen molar-refractivity contribution in [2.24, 2.45) is 0 Å². The third-order valence-electron chi connectivity index (χ3n) is 3.79. The number of nitrogens with zero attached hydrogens (tertiary/aromatic N) is 1. The first-order valence-corrected chi connectivity index (χ1v) is 8.65. The van der Waals surface area contributed by atoms with E-state index in [1.54, 1.807) is 30.3 Å². The first-order chi connectivity index (χ1) is 14.0. The van der Waals surface area contributed by atoms with Crippen molar-refractivity contribution in [3.05, 3.63) is 66.5 Å². The van der Waals surface area contributed by atoms with Gasteiger partial charge < -0.3 is 18.9 Å². The summed E-state index contributed by atoms with van der Waals surface area (Å²) in [5.41, 5.74) is 1.06. The number of hydrogen-bond acceptors (Lipinski definition) is 8. The molecule has 8 heteroatoms. The number of esters is 3. The first-order valence-electron chi connectivity index (χ1n) is 8.65. The van der Waals surface area contributed by atoms with Gasteiger partial charge in [-0.3, -0.25) is 9.78 Å². The van der Waals surface area contributed by atoms with Crippen LogP contribution in [0.5, 0.6) is 11.5 Å². The highest BCUT2D eigenvalue weighted by Crippen LogP contribution is 2.29. The van der Waals surface area contributed by atoms with Crippen LogP contribution >= 0.6 is 0 Å². The molecule has 0 saturated heterocycles. The van der Waals surface area contributed by atoms with E-state index in [-0.39, 0.29) is 11.3 Å². The van der Waals surface area contributed by atoms with Crippen molar-refractivity contribution in [1.82, 2.24) is 4.98 Å². The molecule has 0 radical (unpaired) electrons. The summed E-state index contributed by atoms with van der Waals surface area (Å²) in [7, 11) is 2.57. The Kier molecular flexibility index (Phi) is 7.90. The lowest BCUT2D eigenvalue weighted by Gasteiger charge is -2.16. The molecule has 0 aliphatic carbocycles. The molecule has 0 aliphatic heterocycles. The Hall–Kier alpha value is -3.68. The van der Waals surface area contributed by atoms with Crippen LogP contribution in [0.25, 0.3) is 0 Å². The molecule has 0 bridgehead atoms. The molecule has 1 atom stereocenters. The smallest absolute Gasteiger partial charge is 0.347 e. The van der Waals surface area contributed by atoms with Crippen LogP contribution in [0.4, 0.5) is 0 Å². The minimum absolute atomic E-state index is 0.134. The van der Waals surface area contributed by atoms with Crippen LogP contribution in [-0.2, 0) is 25.5 Å². The summed E-state index contributed by atoms with van der Waals surface area (Å²) in [4.78, 5) is 40.3. The molecule has 0 unspecified atom stereocenters. The lowest BCUT2D eigenvalue weighted by molar-refractivity contribution is -0.155. The Bertz CT molecular complexity index is 880. The highest BCUT2D eigenvalue weighted by molar-refractivity contribution is 5.92. The van der Waals surface area contributed by atoms with Crippen molar-refractivity contribution >= 4 is 17.9 Å². The summed E-state index contributed by atoms with van der Waals surface area (Å²) < 4.78 is 20.2. The molecule has 152 valence electrons. The zero-order valence-electron chi connectivity index (χ0n) is 16.1. The molecule has 29 heavy (non-hydrogen) atoms. The summed E-state index contributed by atoms with van der Waals surface area (Å²) in [6.07, 6.45) is 3.13. The number of ether oxygens (including phenoxy) is 4. The maximum Gasteiger partial charge on any atom is 0.347 e. The monoisotopic (exact) mass is 399 g/mol. The predicted molar refractivity (Wildman–Crippen MR) is 103 cm³/mol. The van der Waals surface area contributed by atoms with Gasteiger partial charge in [0.2, 0.25) is 6.10 Å². The number of pyridine rings is 1. The SMILES string of the molecule is C=CCc1ccc(OC(=O)C[C@H](OC(=O)c2cccnc2)C(=O)OC)c(OC)c1. The Labute approximate surface area is 168 Å². The van der Waals surface area contributed by atoms with Crippen molar-refractivity contribution in [2.45, 2.75) is 18.9 Å². The second-order valence-electron chi connectivity index (χ2n) is 5.82. The minimum atomic E-state index is -1.47. The van der Waals surface area contributed by atoms with Gasteiger partial charge in [-0.1, -0.05) is 12.1 Å². The average Bonchev–Trinajstić information content (AvgIpc) is 2.74. The first kappa shape index (κ1) is 21.6. The van der Waals surface area contributed by atoms with E-state index in [9.17, 15) is 14.4 Å². The summed E-state index contributed by atoms with van der Waals surface area (Å²) in [5.74, 6) is -1.97. The molecule has 1 aromatic heterocycles. The largest absolute Gasteiger partial charge is 0.493 e. The highest BCUT2D eigenvalue weighted by atomic mass is 16.6. The van der Waals surface area contributed by atoms with Gasteiger partial charge in [-0.05, 0) is 36.2 Å². The standard InChI is InChI=1S/C21H21NO7/c1-4-6-14-8-9-16(17(11-14)26-2)28-19(23)12-18(21(25)27-3)29-20(24)15-7-5-10-22-13-15/h4-5,7-11,13,18H,1,6,12H2,2-3H3/t18-/m0/s1. The van der Waals surface area contributed by atoms with Gasteiger partial charge in [0.25, 0.3) is 0 Å². The number of methoxy groups -OCH3 is 2. The number of allylic oxidation sites excluding steroid dienone is 1. The van der Waals surface area contributed by atoms with Crippen LogP contribution in [0.3, 0.4) is 0 Å². The third-order valence-corrected chi connectivity index (χ3v) is 3.79. The number of hydrogen-bond donors (Lipinski definition) is 0. The number of benzene rings is 1. The number of aromatic nitrogens is 1. The van der Waals surface area contributed by atoms with Crippen LogP contribution in [0.1, 0.15) is 22.3 Å². The highest BCUT2D eigenvalue weighted by Gasteiger charge is 2.29. The number of carbonyl (C=O) groups is 3. The van der Waals surface area contributed by atoms with Crippen LogP contribution in [0, 0.1) is 0 Å². The lowest BCUT2D eigenvalue weighted by atomic mass is 10.1. The molecule has 8 nitrogen and oxygen atoms in total. The van der Waals surface area contributed by atoms with Gasteiger partial charge in [0.15, 0.2) is 11.5 Å². The summed E-state index contributed by atoms with van der Waals surface area (Å²) in [6, 6.07) is 8.06. The molecule has 1 aromatic carbocycles. The van der Waals surface area contributed by atoms with Crippen LogP contribution in [0.2, 0.25) is 0 Å². The fraction of sp³-hybridized carbons (Fsp3) is 0.238. The van der Waals surface area contributed by atoms with E-state index in [0.29, 0.717) is 12.2 Å². The molecule has 0 spiro atoms. The fourth-order valence-electron chi connectivity index (χ4n) is 2.39. The predicted octanol–water partition coefficient (Wildman–Crippen LogP) is 2.51. The van der Waals surface area contributed by atoms with Crippen molar-refractivity contribution in [1.29, 1.82) is 0 Å². The van der Waals surface area contributed by atoms with Crippen LogP contribution < -0.4 is 9.47 Å². The van der Waals surface area contributed by atoms with Gasteiger partial charge in [-0.2, -0.15) is 0 Å². The molecule has 0 fully saturated rings. The Morgan fingerprint density at radius 3 is 2.59 bits per heavy atom. The molecule has 0 aliphatic rings. The van der Waals surface area contributed by atoms with Gasteiger partial charge in [-0.15, -0.1) is 6.58 Å². The zero-order chi connectivity index (χ0) is 21.2. The number of rotatable bonds is 9. The van der Waals surface area contributed by atoms with E-state index >= 15 is 0 Å². The van der Waals surface area contributed by atoms with E-state index in [4.69, 9.17) is 14.2 Å². The fourth-order valence-corrected chi connectivity index (χ4v) is 2.39. The van der Waals surface area contributed by atoms with Crippen LogP contribution in [0.15, 0.2) is 55.4 Å². The lowest BCUT2D eigenvalue weighted by Crippen LogP contribution is -2.32. The zero-order valence-corrected chi connectivity index (χ0v) is 16.1. The van der Waals surface area contributed by atoms with Gasteiger partial charge in [0.05, 0.1) is 26.2 Å². The van der Waals surface area contributed by atoms with Crippen molar-refractivity contribution in [3.63, 3.8) is 0 Å². The molecular formula is C21H21NO7. The van der Waals surface area contributed by atoms with E-state index in [1.165, 1.54) is 25.6 Å². The van der Waals surface area contributed by atoms with E-state index < -0.39 is 30.4 Å². The molecule has 2 aromatic rings. The third kappa shape index (κ3) is 6.17. The van der Waals surface area contributed by atoms with Crippen molar-refractivity contribution < 1.29 is 33.3 Å². The molecule has 0 amide bonds. The van der Waals surface area contributed by atoms with Gasteiger partial charge >= 0.3 is 17.9 Å². The maximum absolute atomic E-state index is 12.3. The van der Waals surface area contributed by atoms with Crippen molar-refractivity contribution in [2.75, 3.05) is 14.2 Å². The van der Waals surface area contributed by atoms with Gasteiger partial charge in [-0.25, -0.2) is 9.59 Å². The van der Waals surface area contributed by atoms with E-state index in [1.807, 2.05) is 0 Å². The second-order valence-corrected chi connectivity index (χ2v) is 5.82. The molecule has 1 heterocycles. The quantitative estimate of drug-likeness (QED) is 0.360. The molecule has 0 saturated carbocycles. The summed E-state index contributed by atoms with van der Waals surface area (Å²) in [5, 5.41) is 0. The summed E-state index contributed by atoms with van der Waals surface area (Å²) in [6.45, 7) is 3.67. The Morgan fingerprint density at radius 2 is 1.97 bits per heavy atom. The van der Waals surface area contributed by atoms with E-state index in [0.717, 1.165) is 12.7 Å². The maximum atomic E-state index is 12.3. The molecular weight excluding hydrogens is 378 g/mol. The van der Waals surface area contributed by atoms with Crippen LogP contribution in [-0.4, -0.2) is 43.2 Å². The van der Waals surface area contributed by atoms with Gasteiger partial charge in [0.1, 0.15) is 0 Å². The molecule has 2 rings (SSSR count). The van der Waals surface area contributed by atoms with E-state index in [2.05, 4.69) is 16.3 Å². The Balaban J connectivity index is 2.09. The van der Waals surface area contributed by atoms with Crippen molar-refractivity contribution in [3.8, 4) is 11.5 Å². The Morgan fingerprint density at radius 1 is 1.17 bits per heavy atom. The summed E-state index contributed by atoms with van der Waals surface area (Å²) >= 11 is 0. The normalized spacial score (nSPS) is 11.1.